The zero-order valence-corrected chi connectivity index (χ0v) is 11.7. The van der Waals surface area contributed by atoms with Crippen LogP contribution in [0.4, 0.5) is 5.00 Å². The molecular formula is C11H16N4O2S. The van der Waals surface area contributed by atoms with Gasteiger partial charge in [0.1, 0.15) is 10.4 Å². The van der Waals surface area contributed by atoms with Gasteiger partial charge in [0, 0.05) is 27.2 Å². The Balaban J connectivity index is 3.02. The average molecular weight is 268 g/mol. The van der Waals surface area contributed by atoms with Crippen molar-refractivity contribution >= 4 is 27.6 Å². The normalized spacial score (nSPS) is 11.1. The van der Waals surface area contributed by atoms with Gasteiger partial charge in [0.2, 0.25) is 0 Å². The van der Waals surface area contributed by atoms with Crippen LogP contribution in [0, 0.1) is 0 Å². The second-order valence-electron chi connectivity index (χ2n) is 4.16. The minimum Gasteiger partial charge on any atom is -0.368 e. The van der Waals surface area contributed by atoms with E-state index in [4.69, 9.17) is 0 Å². The van der Waals surface area contributed by atoms with E-state index in [0.717, 1.165) is 5.00 Å². The number of rotatable bonds is 3. The molecule has 0 aliphatic heterocycles. The molecule has 0 N–H and O–H groups in total. The van der Waals surface area contributed by atoms with Crippen molar-refractivity contribution in [3.05, 3.63) is 20.8 Å². The Bertz CT molecular complexity index is 695. The largest absolute Gasteiger partial charge is 0.368 e. The number of hydrogen-bond acceptors (Lipinski definition) is 5. The zero-order chi connectivity index (χ0) is 13.4. The van der Waals surface area contributed by atoms with Crippen molar-refractivity contribution in [3.8, 4) is 0 Å². The van der Waals surface area contributed by atoms with Crippen LogP contribution in [-0.4, -0.2) is 27.6 Å². The van der Waals surface area contributed by atoms with Gasteiger partial charge < -0.3 is 4.90 Å². The highest BCUT2D eigenvalue weighted by atomic mass is 32.1. The van der Waals surface area contributed by atoms with Crippen LogP contribution in [0.3, 0.4) is 0 Å². The van der Waals surface area contributed by atoms with Crippen molar-refractivity contribution in [1.82, 2.24) is 13.5 Å². The van der Waals surface area contributed by atoms with Crippen molar-refractivity contribution in [1.29, 1.82) is 0 Å². The summed E-state index contributed by atoms with van der Waals surface area (Å²) in [6, 6.07) is 0. The molecular weight excluding hydrogens is 252 g/mol. The summed E-state index contributed by atoms with van der Waals surface area (Å²) in [5.74, 6) is 0. The minimum absolute atomic E-state index is 0.250. The van der Waals surface area contributed by atoms with E-state index in [-0.39, 0.29) is 11.2 Å². The van der Waals surface area contributed by atoms with Crippen molar-refractivity contribution in [3.63, 3.8) is 0 Å². The molecule has 0 saturated carbocycles. The summed E-state index contributed by atoms with van der Waals surface area (Å²) < 4.78 is 7.06. The van der Waals surface area contributed by atoms with Crippen LogP contribution >= 0.6 is 11.5 Å². The summed E-state index contributed by atoms with van der Waals surface area (Å²) in [5.41, 5.74) is -0.0429. The third-order valence-electron chi connectivity index (χ3n) is 2.87. The first-order chi connectivity index (χ1) is 8.52. The molecule has 2 aromatic rings. The van der Waals surface area contributed by atoms with Crippen LogP contribution in [0.1, 0.15) is 13.8 Å². The summed E-state index contributed by atoms with van der Waals surface area (Å²) in [6.45, 7) is 4.55. The SMILES string of the molecule is CCn1c(=O)c2c(N(C)C)snc2n(CC)c1=O. The first-order valence-electron chi connectivity index (χ1n) is 5.83. The lowest BCUT2D eigenvalue weighted by molar-refractivity contribution is 0.607. The predicted molar refractivity (Wildman–Crippen MR) is 73.8 cm³/mol. The van der Waals surface area contributed by atoms with E-state index < -0.39 is 0 Å². The third kappa shape index (κ3) is 1.66. The monoisotopic (exact) mass is 268 g/mol. The highest BCUT2D eigenvalue weighted by Crippen LogP contribution is 2.26. The summed E-state index contributed by atoms with van der Waals surface area (Å²) in [4.78, 5) is 26.3. The average Bonchev–Trinajstić information content (AvgIpc) is 2.75. The Morgan fingerprint density at radius 2 is 1.78 bits per heavy atom. The van der Waals surface area contributed by atoms with Gasteiger partial charge in [-0.05, 0) is 25.4 Å². The van der Waals surface area contributed by atoms with E-state index in [0.29, 0.717) is 24.1 Å². The van der Waals surface area contributed by atoms with E-state index >= 15 is 0 Å². The zero-order valence-electron chi connectivity index (χ0n) is 10.9. The Morgan fingerprint density at radius 3 is 2.28 bits per heavy atom. The Labute approximate surface area is 108 Å². The number of anilines is 1. The quantitative estimate of drug-likeness (QED) is 0.823. The second kappa shape index (κ2) is 4.56. The number of aryl methyl sites for hydroxylation is 1. The molecule has 0 aliphatic rings. The van der Waals surface area contributed by atoms with Gasteiger partial charge >= 0.3 is 5.69 Å². The maximum Gasteiger partial charge on any atom is 0.332 e. The molecule has 0 unspecified atom stereocenters. The number of fused-ring (bicyclic) bond motifs is 1. The minimum atomic E-state index is -0.284. The molecule has 98 valence electrons. The van der Waals surface area contributed by atoms with Crippen molar-refractivity contribution in [2.75, 3.05) is 19.0 Å². The highest BCUT2D eigenvalue weighted by molar-refractivity contribution is 7.11. The first kappa shape index (κ1) is 12.8. The lowest BCUT2D eigenvalue weighted by Gasteiger charge is -2.11. The van der Waals surface area contributed by atoms with Crippen LogP contribution in [0.15, 0.2) is 9.59 Å². The first-order valence-corrected chi connectivity index (χ1v) is 6.60. The molecule has 2 heterocycles. The second-order valence-corrected chi connectivity index (χ2v) is 4.91. The molecule has 0 amide bonds. The van der Waals surface area contributed by atoms with Crippen LogP contribution < -0.4 is 16.1 Å². The van der Waals surface area contributed by atoms with Crippen molar-refractivity contribution < 1.29 is 0 Å². The van der Waals surface area contributed by atoms with E-state index in [1.54, 1.807) is 11.5 Å². The predicted octanol–water partition coefficient (Wildman–Crippen LogP) is 0.726. The van der Waals surface area contributed by atoms with Crippen molar-refractivity contribution in [2.24, 2.45) is 0 Å². The third-order valence-corrected chi connectivity index (χ3v) is 3.88. The lowest BCUT2D eigenvalue weighted by Crippen LogP contribution is -2.39. The van der Waals surface area contributed by atoms with Crippen LogP contribution in [-0.2, 0) is 13.1 Å². The summed E-state index contributed by atoms with van der Waals surface area (Å²) in [5, 5.41) is 1.33. The molecule has 7 heteroatoms. The van der Waals surface area contributed by atoms with Crippen LogP contribution in [0.5, 0.6) is 0 Å². The van der Waals surface area contributed by atoms with Gasteiger partial charge in [0.05, 0.1) is 0 Å². The molecule has 2 aromatic heterocycles. The smallest absolute Gasteiger partial charge is 0.332 e. The van der Waals surface area contributed by atoms with Gasteiger partial charge in [-0.15, -0.1) is 0 Å². The molecule has 18 heavy (non-hydrogen) atoms. The van der Waals surface area contributed by atoms with E-state index in [9.17, 15) is 9.59 Å². The van der Waals surface area contributed by atoms with Gasteiger partial charge in [-0.1, -0.05) is 0 Å². The van der Waals surface area contributed by atoms with Gasteiger partial charge in [0.15, 0.2) is 5.65 Å². The fraction of sp³-hybridized carbons (Fsp3) is 0.545. The van der Waals surface area contributed by atoms with E-state index in [1.165, 1.54) is 16.1 Å². The molecule has 0 aliphatic carbocycles. The van der Waals surface area contributed by atoms with Gasteiger partial charge in [-0.2, -0.15) is 4.37 Å². The number of aromatic nitrogens is 3. The fourth-order valence-corrected chi connectivity index (χ4v) is 2.77. The Hall–Kier alpha value is -1.63. The van der Waals surface area contributed by atoms with Crippen molar-refractivity contribution in [2.45, 2.75) is 26.9 Å². The lowest BCUT2D eigenvalue weighted by atomic mass is 10.3. The topological polar surface area (TPSA) is 60.1 Å². The summed E-state index contributed by atoms with van der Waals surface area (Å²) >= 11 is 1.25. The van der Waals surface area contributed by atoms with Crippen LogP contribution in [0.2, 0.25) is 0 Å². The molecule has 0 bridgehead atoms. The molecule has 0 aromatic carbocycles. The molecule has 0 spiro atoms. The molecule has 6 nitrogen and oxygen atoms in total. The number of hydrogen-bond donors (Lipinski definition) is 0. The standard InChI is InChI=1S/C11H16N4O2S/c1-5-14-8-7(10(13(3)4)18-12-8)9(16)15(6-2)11(14)17/h5-6H2,1-4H3. The molecule has 0 radical (unpaired) electrons. The van der Waals surface area contributed by atoms with E-state index in [1.807, 2.05) is 25.9 Å². The van der Waals surface area contributed by atoms with Gasteiger partial charge in [-0.25, -0.2) is 4.79 Å². The van der Waals surface area contributed by atoms with Gasteiger partial charge in [0.25, 0.3) is 5.56 Å². The maximum atomic E-state index is 12.3. The van der Waals surface area contributed by atoms with Gasteiger partial charge in [-0.3, -0.25) is 13.9 Å². The molecule has 0 atom stereocenters. The maximum absolute atomic E-state index is 12.3. The number of nitrogens with zero attached hydrogens (tertiary/aromatic N) is 4. The summed E-state index contributed by atoms with van der Waals surface area (Å²) in [7, 11) is 3.73. The molecule has 2 rings (SSSR count). The Morgan fingerprint density at radius 1 is 1.17 bits per heavy atom. The summed E-state index contributed by atoms with van der Waals surface area (Å²) in [6.07, 6.45) is 0. The highest BCUT2D eigenvalue weighted by Gasteiger charge is 2.18. The Kier molecular flexibility index (Phi) is 3.25. The fourth-order valence-electron chi connectivity index (χ4n) is 1.97. The molecule has 0 fully saturated rings. The van der Waals surface area contributed by atoms with E-state index in [2.05, 4.69) is 4.37 Å². The molecule has 0 saturated heterocycles. The van der Waals surface area contributed by atoms with Crippen LogP contribution in [0.25, 0.3) is 11.0 Å².